The van der Waals surface area contributed by atoms with Crippen molar-refractivity contribution in [2.75, 3.05) is 20.7 Å². The Labute approximate surface area is 205 Å². The number of hydrogen-bond acceptors (Lipinski definition) is 4. The fourth-order valence-corrected chi connectivity index (χ4v) is 4.67. The minimum absolute atomic E-state index is 0.513. The van der Waals surface area contributed by atoms with Gasteiger partial charge in [-0.15, -0.1) is 0 Å². The van der Waals surface area contributed by atoms with Crippen LogP contribution in [0.15, 0.2) is 96.2 Å². The van der Waals surface area contributed by atoms with Crippen LogP contribution in [0.5, 0.6) is 5.75 Å². The molecular formula is C29H29N5O. The highest BCUT2D eigenvalue weighted by atomic mass is 16.5. The Bertz CT molecular complexity index is 1500. The lowest BCUT2D eigenvalue weighted by molar-refractivity contribution is 0.414. The van der Waals surface area contributed by atoms with Gasteiger partial charge in [-0.2, -0.15) is 0 Å². The van der Waals surface area contributed by atoms with Crippen LogP contribution < -0.4 is 16.0 Å². The standard InChI is InChI=1S/C29H29N5O/c1-31-28-26-25(22-9-5-3-6-10-22)27(23-11-7-4-8-12-23)34(29(26)32-20-33(28)18-17-30)19-21-13-15-24(35-2)16-14-21/h3-16,20H,17-19,30H2,1-2H3/b31-28+. The van der Waals surface area contributed by atoms with Gasteiger partial charge >= 0.3 is 0 Å². The van der Waals surface area contributed by atoms with E-state index in [2.05, 4.69) is 65.2 Å². The summed E-state index contributed by atoms with van der Waals surface area (Å²) in [6.45, 7) is 1.82. The summed E-state index contributed by atoms with van der Waals surface area (Å²) in [7, 11) is 3.52. The summed E-state index contributed by atoms with van der Waals surface area (Å²) >= 11 is 0. The Morgan fingerprint density at radius 3 is 2.14 bits per heavy atom. The first kappa shape index (κ1) is 22.6. The van der Waals surface area contributed by atoms with Crippen LogP contribution in [0.2, 0.25) is 0 Å². The number of hydrogen-bond donors (Lipinski definition) is 1. The second-order valence-corrected chi connectivity index (χ2v) is 8.36. The van der Waals surface area contributed by atoms with Crippen molar-refractivity contribution in [3.05, 3.63) is 102 Å². The van der Waals surface area contributed by atoms with Crippen molar-refractivity contribution in [1.29, 1.82) is 0 Å². The largest absolute Gasteiger partial charge is 0.497 e. The highest BCUT2D eigenvalue weighted by Gasteiger charge is 2.23. The Kier molecular flexibility index (Phi) is 6.46. The molecule has 35 heavy (non-hydrogen) atoms. The first-order valence-corrected chi connectivity index (χ1v) is 11.7. The molecule has 0 saturated carbocycles. The first-order valence-electron chi connectivity index (χ1n) is 11.7. The summed E-state index contributed by atoms with van der Waals surface area (Å²) in [6, 6.07) is 29.2. The summed E-state index contributed by atoms with van der Waals surface area (Å²) in [4.78, 5) is 9.68. The van der Waals surface area contributed by atoms with Gasteiger partial charge in [0.25, 0.3) is 0 Å². The summed E-state index contributed by atoms with van der Waals surface area (Å²) in [5, 5.41) is 1.03. The minimum Gasteiger partial charge on any atom is -0.497 e. The van der Waals surface area contributed by atoms with E-state index in [0.717, 1.165) is 50.2 Å². The van der Waals surface area contributed by atoms with Crippen molar-refractivity contribution < 1.29 is 4.74 Å². The molecule has 0 fully saturated rings. The van der Waals surface area contributed by atoms with Crippen molar-refractivity contribution in [2.24, 2.45) is 10.7 Å². The Morgan fingerprint density at radius 2 is 1.54 bits per heavy atom. The van der Waals surface area contributed by atoms with Crippen molar-refractivity contribution in [3.63, 3.8) is 0 Å². The maximum Gasteiger partial charge on any atom is 0.146 e. The smallest absolute Gasteiger partial charge is 0.146 e. The van der Waals surface area contributed by atoms with Crippen LogP contribution in [0.1, 0.15) is 5.56 Å². The van der Waals surface area contributed by atoms with Crippen LogP contribution in [-0.4, -0.2) is 34.8 Å². The van der Waals surface area contributed by atoms with E-state index in [1.807, 2.05) is 42.2 Å². The predicted octanol–water partition coefficient (Wildman–Crippen LogP) is 4.72. The molecule has 2 aromatic heterocycles. The molecule has 176 valence electrons. The molecule has 0 atom stereocenters. The van der Waals surface area contributed by atoms with Gasteiger partial charge in [-0.25, -0.2) is 4.98 Å². The SMILES string of the molecule is C/N=c1\c2c(-c3ccccc3)c(-c3ccccc3)n(Cc3ccc(OC)cc3)c2ncn1CCN. The molecule has 0 unspecified atom stereocenters. The zero-order chi connectivity index (χ0) is 24.2. The summed E-state index contributed by atoms with van der Waals surface area (Å²) in [5.41, 5.74) is 13.4. The molecule has 0 saturated heterocycles. The average molecular weight is 464 g/mol. The van der Waals surface area contributed by atoms with E-state index in [4.69, 9.17) is 20.4 Å². The fraction of sp³-hybridized carbons (Fsp3) is 0.172. The third-order valence-corrected chi connectivity index (χ3v) is 6.24. The molecule has 0 radical (unpaired) electrons. The number of benzene rings is 3. The van der Waals surface area contributed by atoms with Gasteiger partial charge in [0.2, 0.25) is 0 Å². The number of rotatable bonds is 7. The molecule has 0 aliphatic carbocycles. The van der Waals surface area contributed by atoms with E-state index < -0.39 is 0 Å². The minimum atomic E-state index is 0.513. The average Bonchev–Trinajstić information content (AvgIpc) is 3.24. The lowest BCUT2D eigenvalue weighted by atomic mass is 9.99. The van der Waals surface area contributed by atoms with Gasteiger partial charge in [0, 0.05) is 32.2 Å². The molecule has 2 heterocycles. The zero-order valence-electron chi connectivity index (χ0n) is 20.1. The van der Waals surface area contributed by atoms with Crippen LogP contribution in [0.25, 0.3) is 33.4 Å². The Hall–Kier alpha value is -4.16. The van der Waals surface area contributed by atoms with E-state index in [1.54, 1.807) is 7.11 Å². The topological polar surface area (TPSA) is 70.4 Å². The highest BCUT2D eigenvalue weighted by molar-refractivity contribution is 6.02. The molecule has 3 aromatic carbocycles. The molecular weight excluding hydrogens is 434 g/mol. The second-order valence-electron chi connectivity index (χ2n) is 8.36. The zero-order valence-corrected chi connectivity index (χ0v) is 20.1. The van der Waals surface area contributed by atoms with Crippen LogP contribution in [-0.2, 0) is 13.1 Å². The number of nitrogens with zero attached hydrogens (tertiary/aromatic N) is 4. The number of fused-ring (bicyclic) bond motifs is 1. The van der Waals surface area contributed by atoms with Gasteiger partial charge < -0.3 is 19.6 Å². The lowest BCUT2D eigenvalue weighted by Crippen LogP contribution is -2.25. The molecule has 0 amide bonds. The third-order valence-electron chi connectivity index (χ3n) is 6.24. The molecule has 6 heteroatoms. The van der Waals surface area contributed by atoms with Crippen molar-refractivity contribution in [3.8, 4) is 28.1 Å². The quantitative estimate of drug-likeness (QED) is 0.380. The normalized spacial score (nSPS) is 11.8. The number of aromatic nitrogens is 3. The number of ether oxygens (including phenoxy) is 1. The molecule has 0 aliphatic rings. The second kappa shape index (κ2) is 9.99. The molecule has 5 aromatic rings. The summed E-state index contributed by atoms with van der Waals surface area (Å²) < 4.78 is 9.71. The molecule has 0 bridgehead atoms. The molecule has 0 spiro atoms. The van der Waals surface area contributed by atoms with E-state index in [9.17, 15) is 0 Å². The third kappa shape index (κ3) is 4.24. The van der Waals surface area contributed by atoms with Gasteiger partial charge in [0.15, 0.2) is 0 Å². The number of nitrogens with two attached hydrogens (primary N) is 1. The van der Waals surface area contributed by atoms with Crippen LogP contribution in [0.4, 0.5) is 0 Å². The molecule has 2 N–H and O–H groups in total. The van der Waals surface area contributed by atoms with E-state index in [1.165, 1.54) is 0 Å². The maximum atomic E-state index is 5.92. The van der Waals surface area contributed by atoms with Gasteiger partial charge in [-0.05, 0) is 28.8 Å². The van der Waals surface area contributed by atoms with E-state index in [-0.39, 0.29) is 0 Å². The van der Waals surface area contributed by atoms with E-state index >= 15 is 0 Å². The van der Waals surface area contributed by atoms with Gasteiger partial charge in [-0.3, -0.25) is 4.99 Å². The Balaban J connectivity index is 1.89. The van der Waals surface area contributed by atoms with Crippen molar-refractivity contribution >= 4 is 11.0 Å². The lowest BCUT2D eigenvalue weighted by Gasteiger charge is -2.13. The molecule has 0 aliphatic heterocycles. The Morgan fingerprint density at radius 1 is 0.886 bits per heavy atom. The highest BCUT2D eigenvalue weighted by Crippen LogP contribution is 2.39. The summed E-state index contributed by atoms with van der Waals surface area (Å²) in [6.07, 6.45) is 1.85. The monoisotopic (exact) mass is 463 g/mol. The van der Waals surface area contributed by atoms with E-state index in [0.29, 0.717) is 19.6 Å². The van der Waals surface area contributed by atoms with Crippen LogP contribution in [0.3, 0.4) is 0 Å². The van der Waals surface area contributed by atoms with Crippen molar-refractivity contribution in [1.82, 2.24) is 14.1 Å². The summed E-state index contributed by atoms with van der Waals surface area (Å²) in [5.74, 6) is 0.840. The molecule has 6 nitrogen and oxygen atoms in total. The van der Waals surface area contributed by atoms with Gasteiger partial charge in [0.05, 0.1) is 24.5 Å². The number of methoxy groups -OCH3 is 1. The maximum absolute atomic E-state index is 5.92. The van der Waals surface area contributed by atoms with Crippen LogP contribution >= 0.6 is 0 Å². The van der Waals surface area contributed by atoms with Crippen LogP contribution in [0, 0.1) is 0 Å². The molecule has 5 rings (SSSR count). The first-order chi connectivity index (χ1) is 17.2. The van der Waals surface area contributed by atoms with Gasteiger partial charge in [0.1, 0.15) is 16.9 Å². The van der Waals surface area contributed by atoms with Crippen molar-refractivity contribution in [2.45, 2.75) is 13.1 Å². The fourth-order valence-electron chi connectivity index (χ4n) is 4.67. The van der Waals surface area contributed by atoms with Gasteiger partial charge in [-0.1, -0.05) is 72.8 Å². The predicted molar refractivity (Wildman–Crippen MR) is 141 cm³/mol.